The average molecular weight is 487 g/mol. The monoisotopic (exact) mass is 486 g/mol. The molecule has 1 unspecified atom stereocenters. The van der Waals surface area contributed by atoms with Crippen molar-refractivity contribution in [3.8, 4) is 0 Å². The molecule has 8 heteroatoms. The Labute approximate surface area is 202 Å². The van der Waals surface area contributed by atoms with Crippen LogP contribution in [0.25, 0.3) is 0 Å². The molecule has 0 saturated carbocycles. The number of carbonyl (C=O) groups excluding carboxylic acids is 2. The number of hydrogen-bond acceptors (Lipinski definition) is 5. The van der Waals surface area contributed by atoms with Gasteiger partial charge in [-0.25, -0.2) is 8.42 Å². The molecule has 0 radical (unpaired) electrons. The van der Waals surface area contributed by atoms with Gasteiger partial charge in [0.1, 0.15) is 0 Å². The first-order chi connectivity index (χ1) is 16.0. The van der Waals surface area contributed by atoms with Crippen LogP contribution >= 0.6 is 0 Å². The molecule has 2 aromatic rings. The SMILES string of the molecule is Cc1ccc(C)c(NC(=O)C(C)OC(=O)C2CCN(S(=O)(=O)c3ccc(C(C)C)cc3)CC2)c1. The highest BCUT2D eigenvalue weighted by molar-refractivity contribution is 7.89. The van der Waals surface area contributed by atoms with Gasteiger partial charge in [-0.1, -0.05) is 38.1 Å². The van der Waals surface area contributed by atoms with E-state index in [1.165, 1.54) is 4.31 Å². The normalized spacial score (nSPS) is 16.3. The van der Waals surface area contributed by atoms with E-state index in [9.17, 15) is 18.0 Å². The van der Waals surface area contributed by atoms with Gasteiger partial charge in [0.2, 0.25) is 10.0 Å². The van der Waals surface area contributed by atoms with Crippen LogP contribution in [0.1, 0.15) is 56.2 Å². The minimum atomic E-state index is -3.62. The molecule has 1 fully saturated rings. The fraction of sp³-hybridized carbons (Fsp3) is 0.462. The van der Waals surface area contributed by atoms with E-state index in [-0.39, 0.29) is 18.0 Å². The lowest BCUT2D eigenvalue weighted by atomic mass is 9.98. The smallest absolute Gasteiger partial charge is 0.309 e. The average Bonchev–Trinajstić information content (AvgIpc) is 2.81. The summed E-state index contributed by atoms with van der Waals surface area (Å²) in [7, 11) is -3.62. The first kappa shape index (κ1) is 25.9. The van der Waals surface area contributed by atoms with Gasteiger partial charge in [0.15, 0.2) is 6.10 Å². The molecule has 0 bridgehead atoms. The summed E-state index contributed by atoms with van der Waals surface area (Å²) < 4.78 is 32.8. The third-order valence-corrected chi connectivity index (χ3v) is 8.20. The second-order valence-electron chi connectivity index (χ2n) is 9.29. The lowest BCUT2D eigenvalue weighted by molar-refractivity contribution is -0.158. The van der Waals surface area contributed by atoms with Gasteiger partial charge in [-0.3, -0.25) is 9.59 Å². The van der Waals surface area contributed by atoms with Crippen molar-refractivity contribution in [2.45, 2.75) is 64.4 Å². The van der Waals surface area contributed by atoms with Crippen molar-refractivity contribution in [1.29, 1.82) is 0 Å². The fourth-order valence-corrected chi connectivity index (χ4v) is 5.40. The van der Waals surface area contributed by atoms with Crippen LogP contribution in [0.2, 0.25) is 0 Å². The van der Waals surface area contributed by atoms with Crippen molar-refractivity contribution in [3.05, 3.63) is 59.2 Å². The second-order valence-corrected chi connectivity index (χ2v) is 11.2. The lowest BCUT2D eigenvalue weighted by Gasteiger charge is -2.30. The molecule has 0 spiro atoms. The van der Waals surface area contributed by atoms with Gasteiger partial charge in [-0.2, -0.15) is 4.31 Å². The Kier molecular flexibility index (Phi) is 8.15. The van der Waals surface area contributed by atoms with Crippen LogP contribution in [0.15, 0.2) is 47.4 Å². The van der Waals surface area contributed by atoms with Crippen molar-refractivity contribution in [2.24, 2.45) is 5.92 Å². The van der Waals surface area contributed by atoms with E-state index >= 15 is 0 Å². The number of nitrogens with zero attached hydrogens (tertiary/aromatic N) is 1. The third-order valence-electron chi connectivity index (χ3n) is 6.28. The number of piperidine rings is 1. The number of benzene rings is 2. The van der Waals surface area contributed by atoms with E-state index in [0.717, 1.165) is 16.7 Å². The van der Waals surface area contributed by atoms with E-state index in [4.69, 9.17) is 4.74 Å². The van der Waals surface area contributed by atoms with Gasteiger partial charge in [0.05, 0.1) is 10.8 Å². The summed E-state index contributed by atoms with van der Waals surface area (Å²) in [6, 6.07) is 12.7. The van der Waals surface area contributed by atoms with E-state index in [1.807, 2.05) is 44.2 Å². The summed E-state index contributed by atoms with van der Waals surface area (Å²) in [6.45, 7) is 9.95. The summed E-state index contributed by atoms with van der Waals surface area (Å²) in [5, 5.41) is 2.81. The molecule has 2 aromatic carbocycles. The molecular weight excluding hydrogens is 452 g/mol. The predicted molar refractivity (Wildman–Crippen MR) is 132 cm³/mol. The van der Waals surface area contributed by atoms with Crippen LogP contribution in [0.4, 0.5) is 5.69 Å². The summed E-state index contributed by atoms with van der Waals surface area (Å²) in [5.74, 6) is -0.983. The van der Waals surface area contributed by atoms with Gasteiger partial charge in [-0.15, -0.1) is 0 Å². The maximum absolute atomic E-state index is 13.0. The summed E-state index contributed by atoms with van der Waals surface area (Å²) in [5.41, 5.74) is 3.71. The van der Waals surface area contributed by atoms with Crippen LogP contribution in [-0.2, 0) is 24.3 Å². The molecule has 34 heavy (non-hydrogen) atoms. The van der Waals surface area contributed by atoms with Crippen LogP contribution in [0.5, 0.6) is 0 Å². The number of hydrogen-bond donors (Lipinski definition) is 1. The number of ether oxygens (including phenoxy) is 1. The first-order valence-corrected chi connectivity index (χ1v) is 13.1. The van der Waals surface area contributed by atoms with E-state index in [2.05, 4.69) is 19.2 Å². The van der Waals surface area contributed by atoms with Crippen molar-refractivity contribution in [2.75, 3.05) is 18.4 Å². The fourth-order valence-electron chi connectivity index (χ4n) is 3.93. The Balaban J connectivity index is 1.54. The van der Waals surface area contributed by atoms with Crippen LogP contribution in [0, 0.1) is 19.8 Å². The number of carbonyl (C=O) groups is 2. The number of amides is 1. The van der Waals surface area contributed by atoms with Gasteiger partial charge in [0, 0.05) is 18.8 Å². The zero-order valence-electron chi connectivity index (χ0n) is 20.5. The summed E-state index contributed by atoms with van der Waals surface area (Å²) in [6.07, 6.45) is -0.241. The highest BCUT2D eigenvalue weighted by Crippen LogP contribution is 2.26. The number of esters is 1. The van der Waals surface area contributed by atoms with Crippen LogP contribution < -0.4 is 5.32 Å². The van der Waals surface area contributed by atoms with Crippen LogP contribution in [-0.4, -0.2) is 43.8 Å². The van der Waals surface area contributed by atoms with Crippen molar-refractivity contribution in [1.82, 2.24) is 4.31 Å². The molecule has 1 aliphatic rings. The van der Waals surface area contributed by atoms with Crippen molar-refractivity contribution < 1.29 is 22.7 Å². The quantitative estimate of drug-likeness (QED) is 0.586. The van der Waals surface area contributed by atoms with Gasteiger partial charge >= 0.3 is 5.97 Å². The van der Waals surface area contributed by atoms with Crippen molar-refractivity contribution >= 4 is 27.6 Å². The molecule has 1 atom stereocenters. The Morgan fingerprint density at radius 2 is 1.62 bits per heavy atom. The van der Waals surface area contributed by atoms with Crippen LogP contribution in [0.3, 0.4) is 0 Å². The van der Waals surface area contributed by atoms with Gasteiger partial charge in [0.25, 0.3) is 5.91 Å². The maximum atomic E-state index is 13.0. The largest absolute Gasteiger partial charge is 0.452 e. The Morgan fingerprint density at radius 1 is 1.00 bits per heavy atom. The zero-order valence-corrected chi connectivity index (χ0v) is 21.3. The highest BCUT2D eigenvalue weighted by atomic mass is 32.2. The van der Waals surface area contributed by atoms with E-state index in [0.29, 0.717) is 24.4 Å². The third kappa shape index (κ3) is 6.04. The van der Waals surface area contributed by atoms with Crippen molar-refractivity contribution in [3.63, 3.8) is 0 Å². The molecule has 0 aromatic heterocycles. The molecule has 1 aliphatic heterocycles. The molecule has 3 rings (SSSR count). The van der Waals surface area contributed by atoms with E-state index < -0.39 is 33.9 Å². The molecular formula is C26H34N2O5S. The lowest BCUT2D eigenvalue weighted by Crippen LogP contribution is -2.41. The Hall–Kier alpha value is -2.71. The molecule has 1 heterocycles. The standard InChI is InChI=1S/C26H34N2O5S/c1-17(2)21-8-10-23(11-9-21)34(31,32)28-14-12-22(13-15-28)26(30)33-20(5)25(29)27-24-16-18(3)6-7-19(24)4/h6-11,16-17,20,22H,12-15H2,1-5H3,(H,27,29). The topological polar surface area (TPSA) is 92.8 Å². The minimum Gasteiger partial charge on any atom is -0.452 e. The predicted octanol–water partition coefficient (Wildman–Crippen LogP) is 4.40. The number of anilines is 1. The zero-order chi connectivity index (χ0) is 25.0. The van der Waals surface area contributed by atoms with Gasteiger partial charge < -0.3 is 10.1 Å². The minimum absolute atomic E-state index is 0.233. The number of aryl methyl sites for hydroxylation is 2. The molecule has 1 N–H and O–H groups in total. The second kappa shape index (κ2) is 10.7. The first-order valence-electron chi connectivity index (χ1n) is 11.7. The molecule has 1 amide bonds. The number of nitrogens with one attached hydrogen (secondary N) is 1. The Morgan fingerprint density at radius 3 is 2.21 bits per heavy atom. The summed E-state index contributed by atoms with van der Waals surface area (Å²) >= 11 is 0. The number of rotatable bonds is 7. The molecule has 184 valence electrons. The maximum Gasteiger partial charge on any atom is 0.309 e. The number of sulfonamides is 1. The molecule has 1 saturated heterocycles. The summed E-state index contributed by atoms with van der Waals surface area (Å²) in [4.78, 5) is 25.4. The Bertz CT molecular complexity index is 1130. The van der Waals surface area contributed by atoms with E-state index in [1.54, 1.807) is 19.1 Å². The molecule has 7 nitrogen and oxygen atoms in total. The molecule has 0 aliphatic carbocycles. The highest BCUT2D eigenvalue weighted by Gasteiger charge is 2.34. The van der Waals surface area contributed by atoms with Gasteiger partial charge in [-0.05, 0) is 74.4 Å².